The van der Waals surface area contributed by atoms with Crippen LogP contribution in [-0.2, 0) is 13.0 Å². The molecule has 1 aliphatic heterocycles. The summed E-state index contributed by atoms with van der Waals surface area (Å²) in [6.07, 6.45) is 6.57. The maximum absolute atomic E-state index is 12.5. The Labute approximate surface area is 138 Å². The van der Waals surface area contributed by atoms with Crippen molar-refractivity contribution in [3.63, 3.8) is 0 Å². The number of hydrogen-bond donors (Lipinski definition) is 1. The van der Waals surface area contributed by atoms with E-state index in [9.17, 15) is 9.59 Å². The van der Waals surface area contributed by atoms with Crippen LogP contribution in [0.5, 0.6) is 0 Å². The van der Waals surface area contributed by atoms with E-state index in [1.165, 1.54) is 10.6 Å². The zero-order chi connectivity index (χ0) is 16.7. The molecule has 3 aromatic heterocycles. The second kappa shape index (κ2) is 5.59. The Morgan fingerprint density at radius 3 is 3.12 bits per heavy atom. The second-order valence-electron chi connectivity index (χ2n) is 6.07. The van der Waals surface area contributed by atoms with Crippen molar-refractivity contribution in [1.29, 1.82) is 0 Å². The van der Waals surface area contributed by atoms with Gasteiger partial charge in [-0.1, -0.05) is 6.07 Å². The van der Waals surface area contributed by atoms with Crippen molar-refractivity contribution in [1.82, 2.24) is 24.3 Å². The van der Waals surface area contributed by atoms with Crippen molar-refractivity contribution in [3.05, 3.63) is 64.2 Å². The first-order chi connectivity index (χ1) is 11.6. The van der Waals surface area contributed by atoms with Gasteiger partial charge in [0.05, 0.1) is 5.69 Å². The number of carbonyl (C=O) groups excluding carboxylic acids is 1. The highest BCUT2D eigenvalue weighted by atomic mass is 16.2. The summed E-state index contributed by atoms with van der Waals surface area (Å²) in [4.78, 5) is 33.6. The first-order valence-corrected chi connectivity index (χ1v) is 7.92. The summed E-state index contributed by atoms with van der Waals surface area (Å²) in [5.41, 5.74) is 1.21. The van der Waals surface area contributed by atoms with Crippen molar-refractivity contribution in [3.8, 4) is 0 Å². The zero-order valence-electron chi connectivity index (χ0n) is 13.3. The minimum absolute atomic E-state index is 0.0190. The van der Waals surface area contributed by atoms with Gasteiger partial charge in [0.1, 0.15) is 17.0 Å². The topological polar surface area (TPSA) is 81.3 Å². The molecule has 0 spiro atoms. The summed E-state index contributed by atoms with van der Waals surface area (Å²) in [5.74, 6) is 0.668. The van der Waals surface area contributed by atoms with Gasteiger partial charge in [0.25, 0.3) is 11.5 Å². The van der Waals surface area contributed by atoms with E-state index in [4.69, 9.17) is 0 Å². The predicted octanol–water partition coefficient (Wildman–Crippen LogP) is 0.944. The highest BCUT2D eigenvalue weighted by Gasteiger charge is 2.23. The number of imidazole rings is 1. The van der Waals surface area contributed by atoms with E-state index in [-0.39, 0.29) is 23.1 Å². The average Bonchev–Trinajstić information content (AvgIpc) is 2.94. The van der Waals surface area contributed by atoms with Crippen LogP contribution in [-0.4, -0.2) is 30.9 Å². The number of carbonyl (C=O) groups is 1. The second-order valence-corrected chi connectivity index (χ2v) is 6.07. The Balaban J connectivity index is 1.57. The van der Waals surface area contributed by atoms with E-state index < -0.39 is 0 Å². The van der Waals surface area contributed by atoms with Gasteiger partial charge in [0, 0.05) is 37.6 Å². The Morgan fingerprint density at radius 1 is 1.38 bits per heavy atom. The summed E-state index contributed by atoms with van der Waals surface area (Å²) in [6.45, 7) is 2.63. The van der Waals surface area contributed by atoms with Crippen molar-refractivity contribution in [2.45, 2.75) is 32.4 Å². The standard InChI is InChI=1S/C17H17N5O2/c1-11-9-21-10-12(5-6-15(21)19-11)20-16(23)13-8-18-14-4-2-3-7-22(14)17(13)24/h2-4,7-9,12H,5-6,10H2,1H3,(H,20,23). The summed E-state index contributed by atoms with van der Waals surface area (Å²) in [6, 6.07) is 5.25. The van der Waals surface area contributed by atoms with E-state index in [1.54, 1.807) is 24.4 Å². The highest BCUT2D eigenvalue weighted by Crippen LogP contribution is 2.15. The molecule has 1 N–H and O–H groups in total. The van der Waals surface area contributed by atoms with Crippen LogP contribution in [0, 0.1) is 6.92 Å². The van der Waals surface area contributed by atoms with Crippen molar-refractivity contribution in [2.24, 2.45) is 0 Å². The molecule has 0 aromatic carbocycles. The molecular weight excluding hydrogens is 306 g/mol. The predicted molar refractivity (Wildman–Crippen MR) is 88.0 cm³/mol. The molecule has 0 saturated heterocycles. The molecule has 1 unspecified atom stereocenters. The number of nitrogens with zero attached hydrogens (tertiary/aromatic N) is 4. The molecule has 0 bridgehead atoms. The number of rotatable bonds is 2. The molecule has 122 valence electrons. The Hall–Kier alpha value is -2.96. The Kier molecular flexibility index (Phi) is 3.41. The molecule has 0 saturated carbocycles. The molecule has 0 radical (unpaired) electrons. The number of aromatic nitrogens is 4. The minimum Gasteiger partial charge on any atom is -0.347 e. The van der Waals surface area contributed by atoms with Gasteiger partial charge in [-0.25, -0.2) is 9.97 Å². The van der Waals surface area contributed by atoms with E-state index in [2.05, 4.69) is 19.9 Å². The fraction of sp³-hybridized carbons (Fsp3) is 0.294. The molecule has 7 heteroatoms. The summed E-state index contributed by atoms with van der Waals surface area (Å²) < 4.78 is 3.45. The quantitative estimate of drug-likeness (QED) is 0.761. The van der Waals surface area contributed by atoms with Crippen molar-refractivity contribution < 1.29 is 4.79 Å². The normalized spacial score (nSPS) is 16.8. The van der Waals surface area contributed by atoms with Gasteiger partial charge in [-0.3, -0.25) is 14.0 Å². The van der Waals surface area contributed by atoms with Crippen molar-refractivity contribution in [2.75, 3.05) is 0 Å². The molecule has 1 atom stereocenters. The number of hydrogen-bond acceptors (Lipinski definition) is 4. The van der Waals surface area contributed by atoms with Crippen LogP contribution in [0.4, 0.5) is 0 Å². The fourth-order valence-corrected chi connectivity index (χ4v) is 3.15. The lowest BCUT2D eigenvalue weighted by Gasteiger charge is -2.24. The van der Waals surface area contributed by atoms with Crippen LogP contribution >= 0.6 is 0 Å². The van der Waals surface area contributed by atoms with E-state index in [0.29, 0.717) is 12.2 Å². The average molecular weight is 323 g/mol. The Bertz CT molecular complexity index is 988. The van der Waals surface area contributed by atoms with Gasteiger partial charge in [-0.2, -0.15) is 0 Å². The van der Waals surface area contributed by atoms with Gasteiger partial charge in [0.15, 0.2) is 0 Å². The molecule has 4 rings (SSSR count). The number of pyridine rings is 1. The summed E-state index contributed by atoms with van der Waals surface area (Å²) in [7, 11) is 0. The number of amides is 1. The van der Waals surface area contributed by atoms with Crippen LogP contribution in [0.2, 0.25) is 0 Å². The minimum atomic E-state index is -0.379. The molecule has 4 heterocycles. The number of nitrogens with one attached hydrogen (secondary N) is 1. The molecule has 0 fully saturated rings. The van der Waals surface area contributed by atoms with E-state index in [0.717, 1.165) is 24.4 Å². The molecule has 1 amide bonds. The SMILES string of the molecule is Cc1cn2c(n1)CCC(NC(=O)c1cnc3ccccn3c1=O)C2. The van der Waals surface area contributed by atoms with Gasteiger partial charge in [0.2, 0.25) is 0 Å². The molecular formula is C17H17N5O2. The molecule has 0 aliphatic carbocycles. The maximum Gasteiger partial charge on any atom is 0.270 e. The zero-order valence-corrected chi connectivity index (χ0v) is 13.3. The van der Waals surface area contributed by atoms with Crippen LogP contribution in [0.3, 0.4) is 0 Å². The smallest absolute Gasteiger partial charge is 0.270 e. The third-order valence-corrected chi connectivity index (χ3v) is 4.31. The summed E-state index contributed by atoms with van der Waals surface area (Å²) >= 11 is 0. The van der Waals surface area contributed by atoms with Crippen LogP contribution in [0.25, 0.3) is 5.65 Å². The highest BCUT2D eigenvalue weighted by molar-refractivity contribution is 5.93. The van der Waals surface area contributed by atoms with Crippen LogP contribution in [0.15, 0.2) is 41.6 Å². The number of fused-ring (bicyclic) bond motifs is 2. The fourth-order valence-electron chi connectivity index (χ4n) is 3.15. The largest absolute Gasteiger partial charge is 0.347 e. The number of aryl methyl sites for hydroxylation is 2. The van der Waals surface area contributed by atoms with E-state index in [1.807, 2.05) is 13.1 Å². The van der Waals surface area contributed by atoms with Crippen molar-refractivity contribution >= 4 is 11.6 Å². The van der Waals surface area contributed by atoms with Gasteiger partial charge in [-0.15, -0.1) is 0 Å². The first-order valence-electron chi connectivity index (χ1n) is 7.92. The van der Waals surface area contributed by atoms with E-state index >= 15 is 0 Å². The van der Waals surface area contributed by atoms with Crippen LogP contribution < -0.4 is 10.9 Å². The van der Waals surface area contributed by atoms with Crippen LogP contribution in [0.1, 0.15) is 28.3 Å². The monoisotopic (exact) mass is 323 g/mol. The molecule has 3 aromatic rings. The first kappa shape index (κ1) is 14.6. The van der Waals surface area contributed by atoms with Gasteiger partial charge >= 0.3 is 0 Å². The Morgan fingerprint density at radius 2 is 2.25 bits per heavy atom. The van der Waals surface area contributed by atoms with Gasteiger partial charge < -0.3 is 9.88 Å². The lowest BCUT2D eigenvalue weighted by Crippen LogP contribution is -2.42. The lowest BCUT2D eigenvalue weighted by molar-refractivity contribution is 0.0925. The summed E-state index contributed by atoms with van der Waals surface area (Å²) in [5, 5.41) is 2.95. The third kappa shape index (κ3) is 2.47. The molecule has 24 heavy (non-hydrogen) atoms. The third-order valence-electron chi connectivity index (χ3n) is 4.31. The molecule has 1 aliphatic rings. The maximum atomic E-state index is 12.5. The van der Waals surface area contributed by atoms with Gasteiger partial charge in [-0.05, 0) is 25.5 Å². The molecule has 7 nitrogen and oxygen atoms in total. The lowest BCUT2D eigenvalue weighted by atomic mass is 10.1.